The summed E-state index contributed by atoms with van der Waals surface area (Å²) in [6.07, 6.45) is 0. The number of hydrogen-bond acceptors (Lipinski definition) is 9. The number of halogens is 2. The molecule has 4 heterocycles. The van der Waals surface area contributed by atoms with E-state index in [0.29, 0.717) is 33.4 Å². The Labute approximate surface area is 667 Å². The Morgan fingerprint density at radius 2 is 0.589 bits per heavy atom. The number of fused-ring (bicyclic) bond motifs is 22. The van der Waals surface area contributed by atoms with Gasteiger partial charge >= 0.3 is 0 Å². The van der Waals surface area contributed by atoms with E-state index in [1.54, 1.807) is 0 Å². The van der Waals surface area contributed by atoms with Crippen molar-refractivity contribution < 1.29 is 27.3 Å². The van der Waals surface area contributed by atoms with Gasteiger partial charge in [0.15, 0.2) is 22.7 Å². The molecule has 0 saturated carbocycles. The molecular formula is C101H81Br2N3O6. The SMILES string of the molecule is Cc1ccccc1N(c1ccc(C(C)(C)C)cc1)c1cc2c(c3c1oc1ccccc13)-c1c(cc(N(c3ccc(C(C)(C)C)cc3)c3ccccc3C)c3oc4ccccc4c13)C2=O.Cc1ccccc1Nc1ccc(C(C)(C)C)cc1.O=C1c2cc(Br)c3oc4ccccc4c3c2-c2c1cc(Br)c1oc3ccccc3c21. The molecule has 0 atom stereocenters. The molecule has 2 aliphatic carbocycles. The highest BCUT2D eigenvalue weighted by Crippen LogP contribution is 2.58. The van der Waals surface area contributed by atoms with Gasteiger partial charge in [-0.1, -0.05) is 226 Å². The maximum absolute atomic E-state index is 15.7. The summed E-state index contributed by atoms with van der Waals surface area (Å²) in [6.45, 7) is 26.5. The zero-order chi connectivity index (χ0) is 77.6. The molecule has 4 aromatic heterocycles. The van der Waals surface area contributed by atoms with E-state index in [9.17, 15) is 4.79 Å². The van der Waals surface area contributed by atoms with Crippen LogP contribution in [0.2, 0.25) is 0 Å². The molecule has 20 rings (SSSR count). The number of rotatable bonds is 8. The van der Waals surface area contributed by atoms with Gasteiger partial charge in [0.1, 0.15) is 33.5 Å². The van der Waals surface area contributed by atoms with Crippen molar-refractivity contribution in [1.29, 1.82) is 0 Å². The Balaban J connectivity index is 0.000000148. The number of furan rings is 4. The number of benzene rings is 14. The van der Waals surface area contributed by atoms with Crippen molar-refractivity contribution in [2.75, 3.05) is 15.1 Å². The summed E-state index contributed by atoms with van der Waals surface area (Å²) in [5, 5.41) is 11.1. The van der Waals surface area contributed by atoms with Gasteiger partial charge in [0.05, 0.1) is 20.3 Å². The molecule has 14 aromatic carbocycles. The lowest BCUT2D eigenvalue weighted by Gasteiger charge is -2.29. The third-order valence-corrected chi connectivity index (χ3v) is 23.5. The third-order valence-electron chi connectivity index (χ3n) is 22.3. The zero-order valence-electron chi connectivity index (χ0n) is 64.5. The van der Waals surface area contributed by atoms with Gasteiger partial charge < -0.3 is 32.8 Å². The summed E-state index contributed by atoms with van der Waals surface area (Å²) in [6, 6.07) is 91.6. The normalized spacial score (nSPS) is 12.6. The Bertz CT molecular complexity index is 6530. The van der Waals surface area contributed by atoms with Crippen LogP contribution in [0.25, 0.3) is 110 Å². The average molecular weight is 1590 g/mol. The highest BCUT2D eigenvalue weighted by atomic mass is 79.9. The molecule has 11 heteroatoms. The number of nitrogens with zero attached hydrogens (tertiary/aromatic N) is 2. The Kier molecular flexibility index (Phi) is 17.4. The maximum Gasteiger partial charge on any atom is 0.194 e. The number of anilines is 8. The highest BCUT2D eigenvalue weighted by molar-refractivity contribution is 9.11. The van der Waals surface area contributed by atoms with Crippen LogP contribution in [-0.2, 0) is 16.2 Å². The van der Waals surface area contributed by atoms with E-state index in [1.165, 1.54) is 27.9 Å². The zero-order valence-corrected chi connectivity index (χ0v) is 67.7. The molecule has 2 aliphatic rings. The van der Waals surface area contributed by atoms with Crippen LogP contribution >= 0.6 is 31.9 Å². The van der Waals surface area contributed by atoms with E-state index in [1.807, 2.05) is 84.9 Å². The van der Waals surface area contributed by atoms with Gasteiger partial charge in [-0.25, -0.2) is 0 Å². The van der Waals surface area contributed by atoms with E-state index in [4.69, 9.17) is 17.7 Å². The lowest BCUT2D eigenvalue weighted by atomic mass is 9.87. The van der Waals surface area contributed by atoms with Gasteiger partial charge in [-0.05, 0) is 205 Å². The predicted molar refractivity (Wildman–Crippen MR) is 471 cm³/mol. The van der Waals surface area contributed by atoms with Crippen LogP contribution in [0.3, 0.4) is 0 Å². The summed E-state index contributed by atoms with van der Waals surface area (Å²) in [4.78, 5) is 33.8. The summed E-state index contributed by atoms with van der Waals surface area (Å²) in [5.74, 6) is -0.0201. The van der Waals surface area contributed by atoms with E-state index in [2.05, 4.69) is 312 Å². The van der Waals surface area contributed by atoms with Crippen LogP contribution in [0.15, 0.2) is 294 Å². The molecule has 550 valence electrons. The molecule has 0 amide bonds. The van der Waals surface area contributed by atoms with Crippen LogP contribution in [-0.4, -0.2) is 11.6 Å². The first-order chi connectivity index (χ1) is 53.9. The Morgan fingerprint density at radius 1 is 0.304 bits per heavy atom. The molecule has 9 nitrogen and oxygen atoms in total. The van der Waals surface area contributed by atoms with Gasteiger partial charge in [-0.3, -0.25) is 9.59 Å². The molecular weight excluding hydrogens is 1510 g/mol. The second kappa shape index (κ2) is 27.2. The number of hydrogen-bond donors (Lipinski definition) is 1. The lowest BCUT2D eigenvalue weighted by molar-refractivity contribution is 0.103. The van der Waals surface area contributed by atoms with Crippen molar-refractivity contribution in [2.45, 2.75) is 99.3 Å². The molecule has 1 N–H and O–H groups in total. The quantitative estimate of drug-likeness (QED) is 0.159. The number of ketones is 2. The fourth-order valence-corrected chi connectivity index (χ4v) is 17.5. The number of aryl methyl sites for hydroxylation is 3. The van der Waals surface area contributed by atoms with Crippen molar-refractivity contribution in [3.8, 4) is 22.3 Å². The van der Waals surface area contributed by atoms with Crippen molar-refractivity contribution in [2.24, 2.45) is 0 Å². The van der Waals surface area contributed by atoms with Crippen molar-refractivity contribution in [3.05, 3.63) is 332 Å². The minimum atomic E-state index is -0.0347. The van der Waals surface area contributed by atoms with Crippen LogP contribution in [0.1, 0.15) is 128 Å². The van der Waals surface area contributed by atoms with Gasteiger partial charge in [0.2, 0.25) is 0 Å². The second-order valence-corrected chi connectivity index (χ2v) is 34.4. The van der Waals surface area contributed by atoms with Crippen molar-refractivity contribution in [3.63, 3.8) is 0 Å². The molecule has 0 unspecified atom stereocenters. The first kappa shape index (κ1) is 71.6. The minimum Gasteiger partial charge on any atom is -0.455 e. The van der Waals surface area contributed by atoms with Gasteiger partial charge in [-0.2, -0.15) is 0 Å². The minimum absolute atomic E-state index is 0.0146. The summed E-state index contributed by atoms with van der Waals surface area (Å²) in [5.41, 5.74) is 27.6. The monoisotopic (exact) mass is 1590 g/mol. The maximum atomic E-state index is 15.7. The number of carbonyl (C=O) groups excluding carboxylic acids is 2. The van der Waals surface area contributed by atoms with E-state index in [-0.39, 0.29) is 27.8 Å². The van der Waals surface area contributed by atoms with Crippen LogP contribution in [0, 0.1) is 20.8 Å². The molecule has 0 spiro atoms. The Hall–Kier alpha value is -12.0. The Morgan fingerprint density at radius 3 is 0.929 bits per heavy atom. The molecule has 0 fully saturated rings. The third kappa shape index (κ3) is 12.0. The van der Waals surface area contributed by atoms with E-state index < -0.39 is 0 Å². The molecule has 112 heavy (non-hydrogen) atoms. The summed E-state index contributed by atoms with van der Waals surface area (Å²) in [7, 11) is 0. The second-order valence-electron chi connectivity index (χ2n) is 32.7. The van der Waals surface area contributed by atoms with Gasteiger partial charge in [0, 0.05) is 122 Å². The fourth-order valence-electron chi connectivity index (χ4n) is 16.5. The summed E-state index contributed by atoms with van der Waals surface area (Å²) < 4.78 is 27.9. The van der Waals surface area contributed by atoms with Gasteiger partial charge in [0.25, 0.3) is 0 Å². The molecule has 18 aromatic rings. The molecule has 0 aliphatic heterocycles. The van der Waals surface area contributed by atoms with Gasteiger partial charge in [-0.15, -0.1) is 0 Å². The van der Waals surface area contributed by atoms with E-state index >= 15 is 4.79 Å². The van der Waals surface area contributed by atoms with E-state index in [0.717, 1.165) is 159 Å². The lowest BCUT2D eigenvalue weighted by Crippen LogP contribution is -2.14. The molecule has 0 radical (unpaired) electrons. The first-order valence-corrected chi connectivity index (χ1v) is 39.7. The largest absolute Gasteiger partial charge is 0.455 e. The molecule has 0 saturated heterocycles. The predicted octanol–water partition coefficient (Wildman–Crippen LogP) is 30.1. The highest BCUT2D eigenvalue weighted by Gasteiger charge is 2.40. The van der Waals surface area contributed by atoms with Crippen molar-refractivity contribution in [1.82, 2.24) is 0 Å². The van der Waals surface area contributed by atoms with Crippen LogP contribution in [0.4, 0.5) is 45.5 Å². The average Bonchev–Trinajstić information content (AvgIpc) is 1.52. The number of nitrogens with one attached hydrogen (secondary N) is 1. The van der Waals surface area contributed by atoms with Crippen LogP contribution in [0.5, 0.6) is 0 Å². The number of carbonyl (C=O) groups is 2. The summed E-state index contributed by atoms with van der Waals surface area (Å²) >= 11 is 7.25. The van der Waals surface area contributed by atoms with Crippen molar-refractivity contribution >= 4 is 177 Å². The topological polar surface area (TPSA) is 105 Å². The number of para-hydroxylation sites is 7. The first-order valence-electron chi connectivity index (χ1n) is 38.1. The van der Waals surface area contributed by atoms with Crippen LogP contribution < -0.4 is 15.1 Å². The fraction of sp³-hybridized carbons (Fsp3) is 0.149. The smallest absolute Gasteiger partial charge is 0.194 e. The standard InChI is InChI=1S/C59H50N2O3.C25H10Br2O3.C17H21N/c1-35-17-9-13-21-45(35)60(39-29-25-37(26-30-39)58(3,4)5)47-33-43-51(53-41-19-11-15-23-49(41)63-56(47)53)52-44(55(43)62)34-48(57-54(52)42-20-12-16-24-50(42)64-57)61(46-22-14-10-18-36(46)2)40-31-27-38(28-32-40)59(6,7)8;26-15-9-13-19(21-11-5-1-3-7-17(11)29-24(15)21)20-14(23(13)28)10-16(27)25-22(20)12-6-2-4-8-18(12)30-25;1-13-7-5-6-8-16(13)18-15-11-9-14(10-12-15)17(2,3)4/h9-34H,1-8H3;1-10H;5-12,18H,1-4H3. The molecule has 0 bridgehead atoms.